The van der Waals surface area contributed by atoms with Crippen LogP contribution in [0.3, 0.4) is 0 Å². The smallest absolute Gasteiger partial charge is 0.356 e. The standard InChI is InChI=1S/C15H19NO6/c1-4-6-8-22-13-11(14(18)19)16(7-5-2)9-10(12(13)17)15(20)21-3/h5,9H,2,4,6-8H2,1,3H3,(H,18,19). The highest BCUT2D eigenvalue weighted by molar-refractivity contribution is 5.93. The van der Waals surface area contributed by atoms with Crippen LogP contribution in [0, 0.1) is 0 Å². The number of ether oxygens (including phenoxy) is 2. The molecule has 1 N–H and O–H groups in total. The second kappa shape index (κ2) is 8.02. The molecule has 1 rings (SSSR count). The number of pyridine rings is 1. The molecule has 0 saturated heterocycles. The zero-order chi connectivity index (χ0) is 16.7. The molecule has 0 atom stereocenters. The first-order valence-corrected chi connectivity index (χ1v) is 6.80. The van der Waals surface area contributed by atoms with Crippen LogP contribution in [-0.4, -0.2) is 35.3 Å². The van der Waals surface area contributed by atoms with Crippen molar-refractivity contribution in [3.05, 3.63) is 40.3 Å². The molecule has 22 heavy (non-hydrogen) atoms. The number of aromatic carboxylic acids is 1. The third-order valence-electron chi connectivity index (χ3n) is 2.92. The van der Waals surface area contributed by atoms with Crippen molar-refractivity contribution in [2.75, 3.05) is 13.7 Å². The van der Waals surface area contributed by atoms with Crippen LogP contribution >= 0.6 is 0 Å². The highest BCUT2D eigenvalue weighted by atomic mass is 16.5. The van der Waals surface area contributed by atoms with Gasteiger partial charge in [0.2, 0.25) is 5.43 Å². The monoisotopic (exact) mass is 309 g/mol. The number of methoxy groups -OCH3 is 1. The SMILES string of the molecule is C=CCn1cc(C(=O)OC)c(=O)c(OCCCC)c1C(=O)O. The van der Waals surface area contributed by atoms with Gasteiger partial charge < -0.3 is 19.1 Å². The molecule has 7 nitrogen and oxygen atoms in total. The molecule has 0 spiro atoms. The van der Waals surface area contributed by atoms with Crippen LogP contribution in [0.4, 0.5) is 0 Å². The number of hydrogen-bond acceptors (Lipinski definition) is 5. The first kappa shape index (κ1) is 17.5. The number of carbonyl (C=O) groups excluding carboxylic acids is 1. The van der Waals surface area contributed by atoms with E-state index in [0.29, 0.717) is 6.42 Å². The summed E-state index contributed by atoms with van der Waals surface area (Å²) in [7, 11) is 1.14. The molecular weight excluding hydrogens is 290 g/mol. The van der Waals surface area contributed by atoms with Gasteiger partial charge in [-0.25, -0.2) is 9.59 Å². The Morgan fingerprint density at radius 2 is 2.14 bits per heavy atom. The van der Waals surface area contributed by atoms with E-state index >= 15 is 0 Å². The van der Waals surface area contributed by atoms with Gasteiger partial charge >= 0.3 is 11.9 Å². The average molecular weight is 309 g/mol. The molecular formula is C15H19NO6. The number of esters is 1. The summed E-state index contributed by atoms with van der Waals surface area (Å²) >= 11 is 0. The average Bonchev–Trinajstić information content (AvgIpc) is 2.49. The number of carboxylic acids is 1. The quantitative estimate of drug-likeness (QED) is 0.446. The minimum absolute atomic E-state index is 0.107. The molecule has 0 aliphatic rings. The lowest BCUT2D eigenvalue weighted by Crippen LogP contribution is -2.26. The Labute approximate surface area is 127 Å². The molecule has 0 aromatic carbocycles. The highest BCUT2D eigenvalue weighted by Crippen LogP contribution is 2.17. The van der Waals surface area contributed by atoms with Crippen molar-refractivity contribution in [2.45, 2.75) is 26.3 Å². The predicted molar refractivity (Wildman–Crippen MR) is 79.6 cm³/mol. The highest BCUT2D eigenvalue weighted by Gasteiger charge is 2.25. The molecule has 1 aromatic rings. The summed E-state index contributed by atoms with van der Waals surface area (Å²) in [6.07, 6.45) is 4.07. The number of allylic oxidation sites excluding steroid dienone is 1. The summed E-state index contributed by atoms with van der Waals surface area (Å²) in [4.78, 5) is 35.5. The molecule has 0 bridgehead atoms. The zero-order valence-corrected chi connectivity index (χ0v) is 12.6. The number of carboxylic acid groups (broad SMARTS) is 1. The second-order valence-electron chi connectivity index (χ2n) is 4.49. The van der Waals surface area contributed by atoms with Crippen LogP contribution in [0.15, 0.2) is 23.6 Å². The summed E-state index contributed by atoms with van der Waals surface area (Å²) in [5.74, 6) is -2.52. The van der Waals surface area contributed by atoms with Gasteiger partial charge in [0.1, 0.15) is 5.56 Å². The van der Waals surface area contributed by atoms with Crippen molar-refractivity contribution in [3.63, 3.8) is 0 Å². The first-order valence-electron chi connectivity index (χ1n) is 6.80. The maximum atomic E-state index is 12.3. The lowest BCUT2D eigenvalue weighted by molar-refractivity contribution is 0.0592. The topological polar surface area (TPSA) is 94.8 Å². The molecule has 120 valence electrons. The predicted octanol–water partition coefficient (Wildman–Crippen LogP) is 1.70. The Balaban J connectivity index is 3.54. The molecule has 0 aliphatic heterocycles. The summed E-state index contributed by atoms with van der Waals surface area (Å²) in [5, 5.41) is 9.35. The van der Waals surface area contributed by atoms with Crippen molar-refractivity contribution in [3.8, 4) is 5.75 Å². The number of unbranched alkanes of at least 4 members (excludes halogenated alkanes) is 1. The lowest BCUT2D eigenvalue weighted by atomic mass is 10.2. The zero-order valence-electron chi connectivity index (χ0n) is 12.6. The maximum Gasteiger partial charge on any atom is 0.356 e. The van der Waals surface area contributed by atoms with Crippen LogP contribution in [0.1, 0.15) is 40.6 Å². The molecule has 0 unspecified atom stereocenters. The number of hydrogen-bond donors (Lipinski definition) is 1. The third-order valence-corrected chi connectivity index (χ3v) is 2.92. The Kier molecular flexibility index (Phi) is 6.37. The Morgan fingerprint density at radius 3 is 2.64 bits per heavy atom. The van der Waals surface area contributed by atoms with E-state index in [2.05, 4.69) is 11.3 Å². The van der Waals surface area contributed by atoms with E-state index < -0.39 is 17.4 Å². The molecule has 1 aromatic heterocycles. The van der Waals surface area contributed by atoms with Gasteiger partial charge in [0.25, 0.3) is 0 Å². The van der Waals surface area contributed by atoms with Gasteiger partial charge in [0.05, 0.1) is 13.7 Å². The second-order valence-corrected chi connectivity index (χ2v) is 4.49. The van der Waals surface area contributed by atoms with Gasteiger partial charge in [-0.1, -0.05) is 19.4 Å². The van der Waals surface area contributed by atoms with Crippen LogP contribution in [0.5, 0.6) is 5.75 Å². The van der Waals surface area contributed by atoms with Gasteiger partial charge in [0.15, 0.2) is 11.4 Å². The van der Waals surface area contributed by atoms with Crippen molar-refractivity contribution in [1.29, 1.82) is 0 Å². The minimum atomic E-state index is -1.32. The van der Waals surface area contributed by atoms with Gasteiger partial charge in [-0.3, -0.25) is 4.79 Å². The van der Waals surface area contributed by atoms with Crippen LogP contribution in [0.25, 0.3) is 0 Å². The number of nitrogens with zero attached hydrogens (tertiary/aromatic N) is 1. The normalized spacial score (nSPS) is 10.1. The van der Waals surface area contributed by atoms with E-state index in [9.17, 15) is 19.5 Å². The van der Waals surface area contributed by atoms with Crippen LogP contribution < -0.4 is 10.2 Å². The molecule has 0 radical (unpaired) electrons. The Hall–Kier alpha value is -2.57. The number of rotatable bonds is 8. The molecule has 0 aliphatic carbocycles. The van der Waals surface area contributed by atoms with Gasteiger partial charge in [-0.05, 0) is 6.42 Å². The van der Waals surface area contributed by atoms with E-state index in [4.69, 9.17) is 4.74 Å². The van der Waals surface area contributed by atoms with Crippen molar-refractivity contribution in [1.82, 2.24) is 4.57 Å². The Morgan fingerprint density at radius 1 is 1.45 bits per heavy atom. The van der Waals surface area contributed by atoms with E-state index in [-0.39, 0.29) is 30.2 Å². The van der Waals surface area contributed by atoms with Gasteiger partial charge in [-0.2, -0.15) is 0 Å². The van der Waals surface area contributed by atoms with E-state index in [1.54, 1.807) is 0 Å². The van der Waals surface area contributed by atoms with Crippen molar-refractivity contribution in [2.24, 2.45) is 0 Å². The Bertz CT molecular complexity index is 632. The molecule has 7 heteroatoms. The van der Waals surface area contributed by atoms with E-state index in [0.717, 1.165) is 19.7 Å². The van der Waals surface area contributed by atoms with E-state index in [1.807, 2.05) is 6.92 Å². The lowest BCUT2D eigenvalue weighted by Gasteiger charge is -2.15. The van der Waals surface area contributed by atoms with Crippen LogP contribution in [-0.2, 0) is 11.3 Å². The van der Waals surface area contributed by atoms with Crippen LogP contribution in [0.2, 0.25) is 0 Å². The summed E-state index contributed by atoms with van der Waals surface area (Å²) < 4.78 is 11.1. The minimum Gasteiger partial charge on any atom is -0.487 e. The third kappa shape index (κ3) is 3.75. The fraction of sp³-hybridized carbons (Fsp3) is 0.400. The van der Waals surface area contributed by atoms with Gasteiger partial charge in [0, 0.05) is 12.7 Å². The molecule has 0 amide bonds. The molecule has 0 saturated carbocycles. The van der Waals surface area contributed by atoms with E-state index in [1.165, 1.54) is 10.6 Å². The first-order chi connectivity index (χ1) is 10.5. The number of aromatic nitrogens is 1. The maximum absolute atomic E-state index is 12.3. The summed E-state index contributed by atoms with van der Waals surface area (Å²) in [5.41, 5.74) is -1.38. The largest absolute Gasteiger partial charge is 0.487 e. The fourth-order valence-corrected chi connectivity index (χ4v) is 1.85. The summed E-state index contributed by atoms with van der Waals surface area (Å²) in [6, 6.07) is 0. The molecule has 0 fully saturated rings. The number of carbonyl (C=O) groups is 2. The molecule has 1 heterocycles. The fourth-order valence-electron chi connectivity index (χ4n) is 1.85. The summed E-state index contributed by atoms with van der Waals surface area (Å²) in [6.45, 7) is 5.76. The van der Waals surface area contributed by atoms with Gasteiger partial charge in [-0.15, -0.1) is 6.58 Å². The van der Waals surface area contributed by atoms with Crippen molar-refractivity contribution < 1.29 is 24.2 Å². The van der Waals surface area contributed by atoms with Crippen molar-refractivity contribution >= 4 is 11.9 Å².